The zero-order valence-electron chi connectivity index (χ0n) is 21.8. The Balaban J connectivity index is 1.50. The molecule has 200 valence electrons. The van der Waals surface area contributed by atoms with Crippen molar-refractivity contribution >= 4 is 67.2 Å². The molecule has 9 nitrogen and oxygen atoms in total. The van der Waals surface area contributed by atoms with Crippen LogP contribution in [0.25, 0.3) is 43.4 Å². The predicted molar refractivity (Wildman–Crippen MR) is 152 cm³/mol. The smallest absolute Gasteiger partial charge is 0.346 e. The first-order valence-electron chi connectivity index (χ1n) is 12.5. The Hall–Kier alpha value is -5.70. The van der Waals surface area contributed by atoms with Gasteiger partial charge in [0.25, 0.3) is 0 Å². The highest BCUT2D eigenvalue weighted by Crippen LogP contribution is 2.33. The summed E-state index contributed by atoms with van der Waals surface area (Å²) in [6.45, 7) is 3.67. The standard InChI is InChI=1S/C32H20N2O7/c1-15-9-17-11-23(29(35)36)25-19(27(17)33-13-15)5-3-7-21(25)31(39)41-32(40)22-8-4-6-20-26(22)24(30(37)38)12-18-10-16(2)14-34-28(18)20/h3-14H,1-2H3,(H,35,36)(H,37,38). The fraction of sp³-hybridized carbons (Fsp3) is 0.0625. The lowest BCUT2D eigenvalue weighted by Gasteiger charge is -2.13. The van der Waals surface area contributed by atoms with E-state index in [-0.39, 0.29) is 33.0 Å². The second-order valence-electron chi connectivity index (χ2n) is 9.76. The van der Waals surface area contributed by atoms with Gasteiger partial charge >= 0.3 is 23.9 Å². The van der Waals surface area contributed by atoms with E-state index in [1.807, 2.05) is 13.8 Å². The van der Waals surface area contributed by atoms with Crippen molar-refractivity contribution in [2.45, 2.75) is 13.8 Å². The van der Waals surface area contributed by atoms with Gasteiger partial charge in [0.1, 0.15) is 0 Å². The highest BCUT2D eigenvalue weighted by molar-refractivity contribution is 6.23. The molecule has 41 heavy (non-hydrogen) atoms. The Morgan fingerprint density at radius 1 is 0.610 bits per heavy atom. The van der Waals surface area contributed by atoms with Crippen LogP contribution in [0.1, 0.15) is 52.6 Å². The van der Waals surface area contributed by atoms with Crippen molar-refractivity contribution in [3.8, 4) is 0 Å². The number of ether oxygens (including phenoxy) is 1. The van der Waals surface area contributed by atoms with Gasteiger partial charge in [0, 0.05) is 44.7 Å². The number of esters is 2. The number of carboxylic acids is 2. The molecular weight excluding hydrogens is 524 g/mol. The maximum atomic E-state index is 13.4. The minimum atomic E-state index is -1.26. The van der Waals surface area contributed by atoms with Gasteiger partial charge in [-0.05, 0) is 61.4 Å². The molecule has 0 radical (unpaired) electrons. The molecule has 0 aliphatic carbocycles. The normalized spacial score (nSPS) is 11.3. The summed E-state index contributed by atoms with van der Waals surface area (Å²) in [5, 5.41) is 22.1. The van der Waals surface area contributed by atoms with Crippen molar-refractivity contribution in [2.24, 2.45) is 0 Å². The molecule has 0 amide bonds. The number of aromatic carboxylic acids is 2. The highest BCUT2D eigenvalue weighted by Gasteiger charge is 2.25. The second kappa shape index (κ2) is 9.49. The van der Waals surface area contributed by atoms with Crippen LogP contribution in [-0.2, 0) is 4.74 Å². The molecule has 0 saturated heterocycles. The summed E-state index contributed by atoms with van der Waals surface area (Å²) in [7, 11) is 0. The number of pyridine rings is 2. The van der Waals surface area contributed by atoms with Gasteiger partial charge in [-0.15, -0.1) is 0 Å². The third kappa shape index (κ3) is 4.20. The fourth-order valence-corrected chi connectivity index (χ4v) is 5.26. The number of carbonyl (C=O) groups excluding carboxylic acids is 2. The third-order valence-corrected chi connectivity index (χ3v) is 6.97. The lowest BCUT2D eigenvalue weighted by atomic mass is 9.95. The molecule has 0 saturated carbocycles. The van der Waals surface area contributed by atoms with E-state index in [9.17, 15) is 29.4 Å². The molecule has 6 rings (SSSR count). The minimum Gasteiger partial charge on any atom is -0.478 e. The number of nitrogens with zero attached hydrogens (tertiary/aromatic N) is 2. The fourth-order valence-electron chi connectivity index (χ4n) is 5.26. The topological polar surface area (TPSA) is 144 Å². The molecule has 2 aromatic heterocycles. The number of aryl methyl sites for hydroxylation is 2. The number of aromatic nitrogens is 2. The molecule has 0 fully saturated rings. The first-order valence-corrected chi connectivity index (χ1v) is 12.5. The van der Waals surface area contributed by atoms with Crippen LogP contribution in [-0.4, -0.2) is 44.1 Å². The number of hydrogen-bond donors (Lipinski definition) is 2. The van der Waals surface area contributed by atoms with E-state index >= 15 is 0 Å². The van der Waals surface area contributed by atoms with Crippen LogP contribution in [0.15, 0.2) is 73.1 Å². The van der Waals surface area contributed by atoms with Crippen LogP contribution in [0.5, 0.6) is 0 Å². The van der Waals surface area contributed by atoms with Gasteiger partial charge in [-0.1, -0.05) is 24.3 Å². The molecule has 0 unspecified atom stereocenters. The van der Waals surface area contributed by atoms with E-state index in [0.717, 1.165) is 11.1 Å². The van der Waals surface area contributed by atoms with E-state index in [1.54, 1.807) is 48.8 Å². The highest BCUT2D eigenvalue weighted by atomic mass is 16.6. The molecule has 0 atom stereocenters. The molecule has 0 spiro atoms. The number of carbonyl (C=O) groups is 4. The summed E-state index contributed by atoms with van der Waals surface area (Å²) in [6.07, 6.45) is 3.27. The molecule has 0 aliphatic rings. The average molecular weight is 545 g/mol. The number of hydrogen-bond acceptors (Lipinski definition) is 7. The van der Waals surface area contributed by atoms with E-state index < -0.39 is 23.9 Å². The average Bonchev–Trinajstić information content (AvgIpc) is 2.94. The molecular formula is C32H20N2O7. The van der Waals surface area contributed by atoms with E-state index in [4.69, 9.17) is 4.74 Å². The van der Waals surface area contributed by atoms with Crippen molar-refractivity contribution in [2.75, 3.05) is 0 Å². The quantitative estimate of drug-likeness (QED) is 0.153. The van der Waals surface area contributed by atoms with Gasteiger partial charge in [-0.3, -0.25) is 9.97 Å². The van der Waals surface area contributed by atoms with Crippen molar-refractivity contribution in [1.82, 2.24) is 9.97 Å². The van der Waals surface area contributed by atoms with Crippen molar-refractivity contribution in [1.29, 1.82) is 0 Å². The second-order valence-corrected chi connectivity index (χ2v) is 9.76. The maximum absolute atomic E-state index is 13.4. The van der Waals surface area contributed by atoms with Gasteiger partial charge in [0.15, 0.2) is 0 Å². The molecule has 4 aromatic carbocycles. The van der Waals surface area contributed by atoms with Gasteiger partial charge in [-0.25, -0.2) is 19.2 Å². The van der Waals surface area contributed by atoms with E-state index in [0.29, 0.717) is 32.6 Å². The molecule has 9 heteroatoms. The monoisotopic (exact) mass is 544 g/mol. The number of rotatable bonds is 4. The number of fused-ring (bicyclic) bond motifs is 6. The van der Waals surface area contributed by atoms with Gasteiger partial charge in [0.05, 0.1) is 33.3 Å². The Morgan fingerprint density at radius 3 is 1.41 bits per heavy atom. The predicted octanol–water partition coefficient (Wildman–Crippen LogP) is 6.10. The zero-order valence-corrected chi connectivity index (χ0v) is 21.8. The van der Waals surface area contributed by atoms with Crippen LogP contribution >= 0.6 is 0 Å². The zero-order chi connectivity index (χ0) is 29.0. The molecule has 0 aliphatic heterocycles. The first kappa shape index (κ1) is 25.6. The van der Waals surface area contributed by atoms with Gasteiger partial charge < -0.3 is 14.9 Å². The maximum Gasteiger partial charge on any atom is 0.346 e. The summed E-state index contributed by atoms with van der Waals surface area (Å²) >= 11 is 0. The summed E-state index contributed by atoms with van der Waals surface area (Å²) in [5.41, 5.74) is 2.08. The summed E-state index contributed by atoms with van der Waals surface area (Å²) in [6, 6.07) is 15.6. The summed E-state index contributed by atoms with van der Waals surface area (Å²) < 4.78 is 5.27. The van der Waals surface area contributed by atoms with Crippen LogP contribution in [0.4, 0.5) is 0 Å². The van der Waals surface area contributed by atoms with Crippen molar-refractivity contribution in [3.63, 3.8) is 0 Å². The lowest BCUT2D eigenvalue weighted by molar-refractivity contribution is 0.0400. The summed E-state index contributed by atoms with van der Waals surface area (Å²) in [4.78, 5) is 60.2. The molecule has 6 aromatic rings. The molecule has 2 heterocycles. The van der Waals surface area contributed by atoms with E-state index in [1.165, 1.54) is 24.3 Å². The van der Waals surface area contributed by atoms with Crippen LogP contribution in [0.3, 0.4) is 0 Å². The SMILES string of the molecule is Cc1cnc2c(c1)cc(C(=O)O)c1c(C(=O)OC(=O)c3cccc4c3c(C(=O)O)cc3cc(C)cnc34)cccc12. The van der Waals surface area contributed by atoms with Crippen molar-refractivity contribution in [3.05, 3.63) is 106 Å². The number of benzene rings is 4. The number of carboxylic acid groups (broad SMARTS) is 2. The minimum absolute atomic E-state index is 0.0800. The van der Waals surface area contributed by atoms with Gasteiger partial charge in [0.2, 0.25) is 0 Å². The Bertz CT molecular complexity index is 2000. The molecule has 2 N–H and O–H groups in total. The first-order chi connectivity index (χ1) is 19.6. The Kier molecular flexibility index (Phi) is 5.92. The van der Waals surface area contributed by atoms with Crippen LogP contribution < -0.4 is 0 Å². The largest absolute Gasteiger partial charge is 0.478 e. The summed E-state index contributed by atoms with van der Waals surface area (Å²) in [5.74, 6) is -4.70. The van der Waals surface area contributed by atoms with Gasteiger partial charge in [-0.2, -0.15) is 0 Å². The third-order valence-electron chi connectivity index (χ3n) is 6.97. The van der Waals surface area contributed by atoms with E-state index in [2.05, 4.69) is 9.97 Å². The van der Waals surface area contributed by atoms with Crippen molar-refractivity contribution < 1.29 is 34.1 Å². The Morgan fingerprint density at radius 2 is 1.02 bits per heavy atom. The molecule has 0 bridgehead atoms. The van der Waals surface area contributed by atoms with Crippen LogP contribution in [0.2, 0.25) is 0 Å². The van der Waals surface area contributed by atoms with Crippen LogP contribution in [0, 0.1) is 13.8 Å². The Labute approximate surface area is 231 Å². The lowest BCUT2D eigenvalue weighted by Crippen LogP contribution is -2.15.